The fourth-order valence-electron chi connectivity index (χ4n) is 2.43. The van der Waals surface area contributed by atoms with Crippen LogP contribution in [0.15, 0.2) is 60.7 Å². The van der Waals surface area contributed by atoms with E-state index in [2.05, 4.69) is 12.1 Å². The van der Waals surface area contributed by atoms with Gasteiger partial charge in [0.05, 0.1) is 0 Å². The fourth-order valence-corrected chi connectivity index (χ4v) is 3.82. The zero-order chi connectivity index (χ0) is 15.4. The number of amides is 1. The highest BCUT2D eigenvalue weighted by Gasteiger charge is 2.29. The zero-order valence-corrected chi connectivity index (χ0v) is 13.6. The molecule has 1 fully saturated rings. The summed E-state index contributed by atoms with van der Waals surface area (Å²) in [4.78, 5) is 14.4. The Balaban J connectivity index is 1.72. The second kappa shape index (κ2) is 7.03. The first-order valence-electron chi connectivity index (χ1n) is 7.15. The van der Waals surface area contributed by atoms with Gasteiger partial charge in [-0.2, -0.15) is 0 Å². The molecule has 4 heteroatoms. The average molecular weight is 330 g/mol. The number of hydrogen-bond acceptors (Lipinski definition) is 2. The van der Waals surface area contributed by atoms with Gasteiger partial charge in [0.25, 0.3) is 0 Å². The number of halogens is 1. The summed E-state index contributed by atoms with van der Waals surface area (Å²) in [5, 5.41) is 0.812. The van der Waals surface area contributed by atoms with Crippen LogP contribution in [-0.2, 0) is 4.79 Å². The largest absolute Gasteiger partial charge is 0.322 e. The number of rotatable bonds is 3. The van der Waals surface area contributed by atoms with Gasteiger partial charge in [0.1, 0.15) is 5.37 Å². The molecule has 3 rings (SSSR count). The molecular formula is C18H16ClNOS. The minimum Gasteiger partial charge on any atom is -0.322 e. The summed E-state index contributed by atoms with van der Waals surface area (Å²) < 4.78 is 0. The SMILES string of the molecule is O=C(/C=C/c1ccc(Cl)cc1)N1CCSC1c1ccccc1. The maximum Gasteiger partial charge on any atom is 0.247 e. The normalized spacial score (nSPS) is 18.0. The summed E-state index contributed by atoms with van der Waals surface area (Å²) in [7, 11) is 0. The average Bonchev–Trinajstić information content (AvgIpc) is 3.04. The minimum atomic E-state index is 0.0498. The third-order valence-corrected chi connectivity index (χ3v) is 5.06. The maximum absolute atomic E-state index is 12.5. The summed E-state index contributed by atoms with van der Waals surface area (Å²) in [6.45, 7) is 0.786. The number of hydrogen-bond donors (Lipinski definition) is 0. The predicted molar refractivity (Wildman–Crippen MR) is 93.8 cm³/mol. The van der Waals surface area contributed by atoms with Crippen LogP contribution >= 0.6 is 23.4 Å². The molecule has 1 saturated heterocycles. The van der Waals surface area contributed by atoms with Crippen LogP contribution in [0.4, 0.5) is 0 Å². The van der Waals surface area contributed by atoms with Gasteiger partial charge < -0.3 is 4.90 Å². The lowest BCUT2D eigenvalue weighted by atomic mass is 10.2. The van der Waals surface area contributed by atoms with Gasteiger partial charge in [0.15, 0.2) is 0 Å². The van der Waals surface area contributed by atoms with Gasteiger partial charge >= 0.3 is 0 Å². The molecule has 0 N–H and O–H groups in total. The summed E-state index contributed by atoms with van der Waals surface area (Å²) in [6, 6.07) is 17.6. The van der Waals surface area contributed by atoms with Gasteiger partial charge in [-0.1, -0.05) is 54.1 Å². The van der Waals surface area contributed by atoms with E-state index in [-0.39, 0.29) is 11.3 Å². The molecular weight excluding hydrogens is 314 g/mol. The molecule has 2 aromatic rings. The van der Waals surface area contributed by atoms with Crippen molar-refractivity contribution in [3.8, 4) is 0 Å². The van der Waals surface area contributed by atoms with Crippen molar-refractivity contribution in [2.24, 2.45) is 0 Å². The van der Waals surface area contributed by atoms with E-state index in [4.69, 9.17) is 11.6 Å². The molecule has 1 aliphatic rings. The summed E-state index contributed by atoms with van der Waals surface area (Å²) >= 11 is 7.67. The van der Waals surface area contributed by atoms with Gasteiger partial charge in [-0.05, 0) is 29.3 Å². The van der Waals surface area contributed by atoms with Gasteiger partial charge in [-0.15, -0.1) is 11.8 Å². The highest BCUT2D eigenvalue weighted by molar-refractivity contribution is 7.99. The third-order valence-electron chi connectivity index (χ3n) is 3.55. The number of benzene rings is 2. The quantitative estimate of drug-likeness (QED) is 0.765. The second-order valence-corrected chi connectivity index (χ2v) is 6.67. The van der Waals surface area contributed by atoms with E-state index in [0.29, 0.717) is 5.02 Å². The topological polar surface area (TPSA) is 20.3 Å². The Morgan fingerprint density at radius 3 is 2.59 bits per heavy atom. The molecule has 2 aromatic carbocycles. The van der Waals surface area contributed by atoms with E-state index in [0.717, 1.165) is 17.9 Å². The zero-order valence-electron chi connectivity index (χ0n) is 12.0. The Kier molecular flexibility index (Phi) is 4.86. The predicted octanol–water partition coefficient (Wildman–Crippen LogP) is 4.63. The maximum atomic E-state index is 12.5. The Morgan fingerprint density at radius 2 is 1.86 bits per heavy atom. The van der Waals surface area contributed by atoms with Crippen LogP contribution in [0.25, 0.3) is 6.08 Å². The Bertz CT molecular complexity index is 669. The van der Waals surface area contributed by atoms with Crippen LogP contribution in [0.5, 0.6) is 0 Å². The van der Waals surface area contributed by atoms with E-state index >= 15 is 0 Å². The van der Waals surface area contributed by atoms with Gasteiger partial charge in [0, 0.05) is 23.4 Å². The number of thioether (sulfide) groups is 1. The molecule has 0 aromatic heterocycles. The third kappa shape index (κ3) is 3.54. The second-order valence-electron chi connectivity index (χ2n) is 5.05. The lowest BCUT2D eigenvalue weighted by Gasteiger charge is -2.22. The summed E-state index contributed by atoms with van der Waals surface area (Å²) in [5.41, 5.74) is 2.15. The molecule has 1 amide bonds. The summed E-state index contributed by atoms with van der Waals surface area (Å²) in [5.74, 6) is 1.02. The van der Waals surface area contributed by atoms with Gasteiger partial charge in [-0.25, -0.2) is 0 Å². The van der Waals surface area contributed by atoms with Crippen molar-refractivity contribution in [3.63, 3.8) is 0 Å². The highest BCUT2D eigenvalue weighted by atomic mass is 35.5. The molecule has 112 valence electrons. The van der Waals surface area contributed by atoms with Crippen LogP contribution in [0.3, 0.4) is 0 Å². The van der Waals surface area contributed by atoms with Crippen molar-refractivity contribution in [2.45, 2.75) is 5.37 Å². The fraction of sp³-hybridized carbons (Fsp3) is 0.167. The number of carbonyl (C=O) groups excluding carboxylic acids is 1. The van der Waals surface area contributed by atoms with Crippen molar-refractivity contribution >= 4 is 35.3 Å². The molecule has 0 radical (unpaired) electrons. The van der Waals surface area contributed by atoms with E-state index < -0.39 is 0 Å². The molecule has 0 spiro atoms. The van der Waals surface area contributed by atoms with Crippen molar-refractivity contribution in [1.29, 1.82) is 0 Å². The summed E-state index contributed by atoms with van der Waals surface area (Å²) in [6.07, 6.45) is 3.48. The van der Waals surface area contributed by atoms with Crippen molar-refractivity contribution in [1.82, 2.24) is 4.90 Å². The standard InChI is InChI=1S/C18H16ClNOS/c19-16-9-6-14(7-10-16)8-11-17(21)20-12-13-22-18(20)15-4-2-1-3-5-15/h1-11,18H,12-13H2/b11-8+. The first-order valence-corrected chi connectivity index (χ1v) is 8.57. The first-order chi connectivity index (χ1) is 10.7. The van der Waals surface area contributed by atoms with E-state index in [1.54, 1.807) is 6.08 Å². The Morgan fingerprint density at radius 1 is 1.14 bits per heavy atom. The molecule has 0 aliphatic carbocycles. The van der Waals surface area contributed by atoms with E-state index in [9.17, 15) is 4.79 Å². The molecule has 1 unspecified atom stereocenters. The minimum absolute atomic E-state index is 0.0498. The van der Waals surface area contributed by atoms with Gasteiger partial charge in [0.2, 0.25) is 5.91 Å². The van der Waals surface area contributed by atoms with Crippen molar-refractivity contribution < 1.29 is 4.79 Å². The van der Waals surface area contributed by atoms with Crippen LogP contribution in [0, 0.1) is 0 Å². The Hall–Kier alpha value is -1.71. The first kappa shape index (κ1) is 15.2. The van der Waals surface area contributed by atoms with Crippen LogP contribution in [-0.4, -0.2) is 23.1 Å². The van der Waals surface area contributed by atoms with E-state index in [1.165, 1.54) is 5.56 Å². The van der Waals surface area contributed by atoms with Crippen LogP contribution in [0.2, 0.25) is 5.02 Å². The molecule has 1 aliphatic heterocycles. The Labute approximate surface area is 139 Å². The molecule has 2 nitrogen and oxygen atoms in total. The molecule has 1 heterocycles. The lowest BCUT2D eigenvalue weighted by molar-refractivity contribution is -0.126. The molecule has 0 saturated carbocycles. The van der Waals surface area contributed by atoms with Crippen molar-refractivity contribution in [3.05, 3.63) is 76.8 Å². The van der Waals surface area contributed by atoms with Crippen LogP contribution in [0.1, 0.15) is 16.5 Å². The molecule has 0 bridgehead atoms. The van der Waals surface area contributed by atoms with E-state index in [1.807, 2.05) is 65.2 Å². The van der Waals surface area contributed by atoms with Crippen molar-refractivity contribution in [2.75, 3.05) is 12.3 Å². The molecule has 22 heavy (non-hydrogen) atoms. The highest BCUT2D eigenvalue weighted by Crippen LogP contribution is 2.37. The van der Waals surface area contributed by atoms with Gasteiger partial charge in [-0.3, -0.25) is 4.79 Å². The van der Waals surface area contributed by atoms with Crippen LogP contribution < -0.4 is 0 Å². The monoisotopic (exact) mass is 329 g/mol. The lowest BCUT2D eigenvalue weighted by Crippen LogP contribution is -2.28. The molecule has 1 atom stereocenters. The number of nitrogens with zero attached hydrogens (tertiary/aromatic N) is 1. The smallest absolute Gasteiger partial charge is 0.247 e. The number of carbonyl (C=O) groups is 1.